The zero-order valence-electron chi connectivity index (χ0n) is 14.5. The molecule has 28 heavy (non-hydrogen) atoms. The van der Waals surface area contributed by atoms with E-state index in [0.717, 1.165) is 16.7 Å². The first-order valence-corrected chi connectivity index (χ1v) is 8.84. The van der Waals surface area contributed by atoms with Gasteiger partial charge in [0.2, 0.25) is 5.89 Å². The van der Waals surface area contributed by atoms with Crippen LogP contribution in [0.1, 0.15) is 10.4 Å². The van der Waals surface area contributed by atoms with Crippen molar-refractivity contribution < 1.29 is 13.6 Å². The maximum atomic E-state index is 13.7. The summed E-state index contributed by atoms with van der Waals surface area (Å²) in [5, 5.41) is 5.43. The van der Waals surface area contributed by atoms with E-state index in [0.29, 0.717) is 11.6 Å². The molecule has 0 aliphatic carbocycles. The number of rotatable bonds is 3. The highest BCUT2D eigenvalue weighted by molar-refractivity contribution is 7.80. The van der Waals surface area contributed by atoms with E-state index in [1.165, 1.54) is 18.2 Å². The molecular formula is C21H14FN3O2S. The molecule has 0 radical (unpaired) electrons. The standard InChI is InChI=1S/C21H14FN3O2S/c22-16-6-2-1-5-15(16)19(26)25-21(28)23-14-11-9-13(10-12-14)20-24-17-7-3-4-8-18(17)27-20/h1-12H,(H2,23,25,26,28). The Kier molecular flexibility index (Phi) is 4.82. The molecule has 3 aromatic carbocycles. The van der Waals surface area contributed by atoms with Crippen LogP contribution in [0.5, 0.6) is 0 Å². The van der Waals surface area contributed by atoms with Gasteiger partial charge < -0.3 is 9.73 Å². The van der Waals surface area contributed by atoms with E-state index in [9.17, 15) is 9.18 Å². The lowest BCUT2D eigenvalue weighted by Gasteiger charge is -2.10. The number of nitrogens with zero attached hydrogens (tertiary/aromatic N) is 1. The molecular weight excluding hydrogens is 377 g/mol. The van der Waals surface area contributed by atoms with Gasteiger partial charge in [0.25, 0.3) is 5.91 Å². The molecule has 0 saturated carbocycles. The van der Waals surface area contributed by atoms with Crippen molar-refractivity contribution in [3.8, 4) is 11.5 Å². The molecule has 1 aromatic heterocycles. The number of halogens is 1. The van der Waals surface area contributed by atoms with Crippen molar-refractivity contribution in [3.63, 3.8) is 0 Å². The molecule has 0 aliphatic rings. The minimum absolute atomic E-state index is 0.0713. The predicted octanol–water partition coefficient (Wildman–Crippen LogP) is 4.76. The number of anilines is 1. The quantitative estimate of drug-likeness (QED) is 0.493. The van der Waals surface area contributed by atoms with Crippen LogP contribution in [0.3, 0.4) is 0 Å². The van der Waals surface area contributed by atoms with Gasteiger partial charge in [-0.25, -0.2) is 9.37 Å². The largest absolute Gasteiger partial charge is 0.436 e. The number of thiocarbonyl (C=S) groups is 1. The van der Waals surface area contributed by atoms with Gasteiger partial charge in [0.05, 0.1) is 5.56 Å². The lowest BCUT2D eigenvalue weighted by molar-refractivity contribution is 0.0974. The highest BCUT2D eigenvalue weighted by Crippen LogP contribution is 2.25. The van der Waals surface area contributed by atoms with Crippen LogP contribution in [0.25, 0.3) is 22.6 Å². The van der Waals surface area contributed by atoms with Gasteiger partial charge in [-0.05, 0) is 60.7 Å². The van der Waals surface area contributed by atoms with E-state index in [4.69, 9.17) is 16.6 Å². The molecule has 1 heterocycles. The van der Waals surface area contributed by atoms with E-state index in [1.54, 1.807) is 18.2 Å². The Bertz CT molecular complexity index is 1140. The molecule has 5 nitrogen and oxygen atoms in total. The molecule has 1 amide bonds. The SMILES string of the molecule is O=C(NC(=S)Nc1ccc(-c2nc3ccccc3o2)cc1)c1ccccc1F. The number of benzene rings is 3. The summed E-state index contributed by atoms with van der Waals surface area (Å²) in [5.41, 5.74) is 2.91. The van der Waals surface area contributed by atoms with Gasteiger partial charge in [0.1, 0.15) is 11.3 Å². The Morgan fingerprint density at radius 1 is 0.964 bits per heavy atom. The van der Waals surface area contributed by atoms with E-state index >= 15 is 0 Å². The molecule has 138 valence electrons. The van der Waals surface area contributed by atoms with Crippen LogP contribution in [-0.4, -0.2) is 16.0 Å². The van der Waals surface area contributed by atoms with E-state index in [-0.39, 0.29) is 10.7 Å². The average molecular weight is 391 g/mol. The maximum absolute atomic E-state index is 13.7. The second-order valence-electron chi connectivity index (χ2n) is 5.95. The Balaban J connectivity index is 1.43. The maximum Gasteiger partial charge on any atom is 0.260 e. The summed E-state index contributed by atoms with van der Waals surface area (Å²) < 4.78 is 19.4. The van der Waals surface area contributed by atoms with Gasteiger partial charge in [-0.2, -0.15) is 0 Å². The second-order valence-corrected chi connectivity index (χ2v) is 6.36. The minimum atomic E-state index is -0.612. The number of amides is 1. The number of hydrogen-bond acceptors (Lipinski definition) is 4. The van der Waals surface area contributed by atoms with Crippen LogP contribution in [0.2, 0.25) is 0 Å². The van der Waals surface area contributed by atoms with Gasteiger partial charge in [0.15, 0.2) is 10.7 Å². The topological polar surface area (TPSA) is 67.2 Å². The lowest BCUT2D eigenvalue weighted by atomic mass is 10.2. The Hall–Kier alpha value is -3.58. The van der Waals surface area contributed by atoms with Gasteiger partial charge in [-0.3, -0.25) is 10.1 Å². The third kappa shape index (κ3) is 3.74. The van der Waals surface area contributed by atoms with Gasteiger partial charge in [-0.15, -0.1) is 0 Å². The molecule has 0 atom stereocenters. The number of oxazole rings is 1. The number of carbonyl (C=O) groups is 1. The number of hydrogen-bond donors (Lipinski definition) is 2. The molecule has 0 fully saturated rings. The zero-order valence-corrected chi connectivity index (χ0v) is 15.3. The fraction of sp³-hybridized carbons (Fsp3) is 0. The van der Waals surface area contributed by atoms with Crippen molar-refractivity contribution in [1.82, 2.24) is 10.3 Å². The third-order valence-corrected chi connectivity index (χ3v) is 4.23. The molecule has 7 heteroatoms. The van der Waals surface area contributed by atoms with E-state index in [2.05, 4.69) is 15.6 Å². The number of para-hydroxylation sites is 2. The van der Waals surface area contributed by atoms with Crippen molar-refractivity contribution in [2.75, 3.05) is 5.32 Å². The smallest absolute Gasteiger partial charge is 0.260 e. The monoisotopic (exact) mass is 391 g/mol. The van der Waals surface area contributed by atoms with Gasteiger partial charge >= 0.3 is 0 Å². The lowest BCUT2D eigenvalue weighted by Crippen LogP contribution is -2.34. The Morgan fingerprint density at radius 3 is 2.43 bits per heavy atom. The molecule has 0 spiro atoms. The van der Waals surface area contributed by atoms with Crippen molar-refractivity contribution in [3.05, 3.63) is 84.2 Å². The van der Waals surface area contributed by atoms with Crippen LogP contribution in [-0.2, 0) is 0 Å². The first-order valence-electron chi connectivity index (χ1n) is 8.43. The summed E-state index contributed by atoms with van der Waals surface area (Å²) in [6.07, 6.45) is 0. The number of aromatic nitrogens is 1. The van der Waals surface area contributed by atoms with Gasteiger partial charge in [-0.1, -0.05) is 24.3 Å². The van der Waals surface area contributed by atoms with E-state index < -0.39 is 11.7 Å². The Labute approximate surface area is 165 Å². The molecule has 4 rings (SSSR count). The molecule has 0 saturated heterocycles. The fourth-order valence-corrected chi connectivity index (χ4v) is 2.88. The first kappa shape index (κ1) is 17.8. The zero-order chi connectivity index (χ0) is 19.5. The summed E-state index contributed by atoms with van der Waals surface area (Å²) in [6, 6.07) is 20.5. The third-order valence-electron chi connectivity index (χ3n) is 4.03. The summed E-state index contributed by atoms with van der Waals surface area (Å²) >= 11 is 5.13. The molecule has 4 aromatic rings. The van der Waals surface area contributed by atoms with Crippen LogP contribution in [0.15, 0.2) is 77.2 Å². The number of nitrogens with one attached hydrogen (secondary N) is 2. The summed E-state index contributed by atoms with van der Waals surface area (Å²) in [7, 11) is 0. The highest BCUT2D eigenvalue weighted by Gasteiger charge is 2.12. The highest BCUT2D eigenvalue weighted by atomic mass is 32.1. The second kappa shape index (κ2) is 7.58. The summed E-state index contributed by atoms with van der Waals surface area (Å²) in [6.45, 7) is 0. The first-order chi connectivity index (χ1) is 13.6. The van der Waals surface area contributed by atoms with Crippen LogP contribution >= 0.6 is 12.2 Å². The number of fused-ring (bicyclic) bond motifs is 1. The molecule has 0 unspecified atom stereocenters. The van der Waals surface area contributed by atoms with Crippen molar-refractivity contribution in [2.24, 2.45) is 0 Å². The Morgan fingerprint density at radius 2 is 1.68 bits per heavy atom. The molecule has 0 aliphatic heterocycles. The van der Waals surface area contributed by atoms with Crippen molar-refractivity contribution >= 4 is 40.0 Å². The number of carbonyl (C=O) groups excluding carboxylic acids is 1. The summed E-state index contributed by atoms with van der Waals surface area (Å²) in [4.78, 5) is 16.5. The van der Waals surface area contributed by atoms with Crippen LogP contribution < -0.4 is 10.6 Å². The van der Waals surface area contributed by atoms with Crippen molar-refractivity contribution in [1.29, 1.82) is 0 Å². The van der Waals surface area contributed by atoms with Crippen LogP contribution in [0.4, 0.5) is 10.1 Å². The van der Waals surface area contributed by atoms with Crippen molar-refractivity contribution in [2.45, 2.75) is 0 Å². The normalized spacial score (nSPS) is 10.6. The van der Waals surface area contributed by atoms with Crippen LogP contribution in [0, 0.1) is 5.82 Å². The molecule has 0 bridgehead atoms. The minimum Gasteiger partial charge on any atom is -0.436 e. The summed E-state index contributed by atoms with van der Waals surface area (Å²) in [5.74, 6) is -0.702. The van der Waals surface area contributed by atoms with E-state index in [1.807, 2.05) is 36.4 Å². The predicted molar refractivity (Wildman–Crippen MR) is 110 cm³/mol. The molecule has 2 N–H and O–H groups in total. The van der Waals surface area contributed by atoms with Gasteiger partial charge in [0, 0.05) is 11.3 Å². The fourth-order valence-electron chi connectivity index (χ4n) is 2.67. The average Bonchev–Trinajstić information content (AvgIpc) is 3.13.